The normalized spacial score (nSPS) is 10.0. The molecule has 2 amide bonds. The van der Waals surface area contributed by atoms with Crippen molar-refractivity contribution in [3.8, 4) is 0 Å². The number of carbonyl (C=O) groups excluding carboxylic acids is 2. The first-order valence-corrected chi connectivity index (χ1v) is 7.79. The highest BCUT2D eigenvalue weighted by molar-refractivity contribution is 5.95. The number of carbonyl (C=O) groups is 2. The Labute approximate surface area is 146 Å². The van der Waals surface area contributed by atoms with Gasteiger partial charge in [-0.05, 0) is 37.1 Å². The Morgan fingerprint density at radius 2 is 1.44 bits per heavy atom. The second kappa shape index (κ2) is 8.58. The topological polar surface area (TPSA) is 90.9 Å². The van der Waals surface area contributed by atoms with Crippen LogP contribution in [0.2, 0.25) is 0 Å². The Morgan fingerprint density at radius 1 is 0.880 bits per heavy atom. The van der Waals surface area contributed by atoms with Gasteiger partial charge in [0.1, 0.15) is 13.1 Å². The van der Waals surface area contributed by atoms with Gasteiger partial charge in [-0.25, -0.2) is 5.01 Å². The molecular weight excluding hydrogens is 320 g/mol. The molecule has 0 fully saturated rings. The van der Waals surface area contributed by atoms with Crippen molar-refractivity contribution in [2.24, 2.45) is 5.29 Å². The lowest BCUT2D eigenvalue weighted by atomic mass is 10.1. The van der Waals surface area contributed by atoms with Crippen LogP contribution in [0.1, 0.15) is 11.1 Å². The second-order valence-corrected chi connectivity index (χ2v) is 5.63. The molecule has 130 valence electrons. The van der Waals surface area contributed by atoms with Gasteiger partial charge in [0.05, 0.1) is 5.29 Å². The third kappa shape index (κ3) is 5.42. The zero-order chi connectivity index (χ0) is 18.2. The highest BCUT2D eigenvalue weighted by Gasteiger charge is 2.15. The number of hydrogen-bond acceptors (Lipinski definition) is 4. The summed E-state index contributed by atoms with van der Waals surface area (Å²) in [6.07, 6.45) is 0. The fraction of sp³-hybridized carbons (Fsp3) is 0.222. The van der Waals surface area contributed by atoms with Crippen LogP contribution in [0, 0.1) is 18.8 Å². The minimum Gasteiger partial charge on any atom is -0.324 e. The Morgan fingerprint density at radius 3 is 2.00 bits per heavy atom. The van der Waals surface area contributed by atoms with Crippen molar-refractivity contribution in [1.82, 2.24) is 5.01 Å². The van der Waals surface area contributed by atoms with E-state index in [4.69, 9.17) is 0 Å². The van der Waals surface area contributed by atoms with Gasteiger partial charge in [-0.3, -0.25) is 9.59 Å². The molecule has 0 atom stereocenters. The van der Waals surface area contributed by atoms with Crippen molar-refractivity contribution in [3.63, 3.8) is 0 Å². The zero-order valence-electron chi connectivity index (χ0n) is 14.2. The standard InChI is InChI=1S/C18H20N4O3/c1-13-7-6-8-14(2)18(13)20-17(24)12-22(21-25)11-16(23)19-15-9-4-3-5-10-15/h3-10H,11-12H2,1-2H3,(H,19,23)(H,20,24). The van der Waals surface area contributed by atoms with Crippen molar-refractivity contribution >= 4 is 23.2 Å². The van der Waals surface area contributed by atoms with E-state index < -0.39 is 11.8 Å². The zero-order valence-corrected chi connectivity index (χ0v) is 14.2. The van der Waals surface area contributed by atoms with Gasteiger partial charge in [0.15, 0.2) is 0 Å². The summed E-state index contributed by atoms with van der Waals surface area (Å²) >= 11 is 0. The van der Waals surface area contributed by atoms with Crippen LogP contribution in [0.3, 0.4) is 0 Å². The van der Waals surface area contributed by atoms with E-state index in [1.807, 2.05) is 38.1 Å². The van der Waals surface area contributed by atoms with Crippen LogP contribution in [-0.4, -0.2) is 29.9 Å². The molecule has 0 unspecified atom stereocenters. The van der Waals surface area contributed by atoms with E-state index in [1.165, 1.54) is 0 Å². The first-order chi connectivity index (χ1) is 12.0. The first kappa shape index (κ1) is 18.1. The molecule has 2 aromatic rings. The number of amides is 2. The molecule has 0 bridgehead atoms. The molecule has 0 radical (unpaired) electrons. The number of nitrogens with one attached hydrogen (secondary N) is 2. The lowest BCUT2D eigenvalue weighted by molar-refractivity contribution is -0.120. The van der Waals surface area contributed by atoms with Gasteiger partial charge in [-0.1, -0.05) is 36.4 Å². The molecule has 0 spiro atoms. The van der Waals surface area contributed by atoms with Crippen LogP contribution in [0.5, 0.6) is 0 Å². The van der Waals surface area contributed by atoms with E-state index in [-0.39, 0.29) is 13.1 Å². The molecule has 7 nitrogen and oxygen atoms in total. The third-order valence-electron chi connectivity index (χ3n) is 3.57. The van der Waals surface area contributed by atoms with E-state index in [9.17, 15) is 14.5 Å². The van der Waals surface area contributed by atoms with Gasteiger partial charge in [-0.15, -0.1) is 4.91 Å². The molecule has 2 aromatic carbocycles. The number of nitrogens with zero attached hydrogens (tertiary/aromatic N) is 2. The maximum atomic E-state index is 12.1. The molecule has 0 saturated carbocycles. The molecule has 0 aromatic heterocycles. The fourth-order valence-corrected chi connectivity index (χ4v) is 2.36. The fourth-order valence-electron chi connectivity index (χ4n) is 2.36. The van der Waals surface area contributed by atoms with Crippen LogP contribution in [0.4, 0.5) is 11.4 Å². The molecule has 25 heavy (non-hydrogen) atoms. The summed E-state index contributed by atoms with van der Waals surface area (Å²) in [7, 11) is 0. The Bertz CT molecular complexity index is 742. The molecule has 0 saturated heterocycles. The highest BCUT2D eigenvalue weighted by Crippen LogP contribution is 2.19. The molecule has 0 aliphatic carbocycles. The minimum atomic E-state index is -0.425. The van der Waals surface area contributed by atoms with Gasteiger partial charge in [0.25, 0.3) is 0 Å². The van der Waals surface area contributed by atoms with Crippen molar-refractivity contribution in [3.05, 3.63) is 64.6 Å². The van der Waals surface area contributed by atoms with Crippen molar-refractivity contribution in [1.29, 1.82) is 0 Å². The summed E-state index contributed by atoms with van der Waals surface area (Å²) in [5, 5.41) is 9.03. The number of benzene rings is 2. The summed E-state index contributed by atoms with van der Waals surface area (Å²) in [6.45, 7) is 3.15. The van der Waals surface area contributed by atoms with Crippen LogP contribution >= 0.6 is 0 Å². The predicted molar refractivity (Wildman–Crippen MR) is 97.0 cm³/mol. The Hall–Kier alpha value is -3.22. The van der Waals surface area contributed by atoms with Crippen molar-refractivity contribution in [2.45, 2.75) is 13.8 Å². The maximum Gasteiger partial charge on any atom is 0.245 e. The third-order valence-corrected chi connectivity index (χ3v) is 3.57. The Balaban J connectivity index is 1.91. The van der Waals surface area contributed by atoms with E-state index in [0.29, 0.717) is 11.4 Å². The highest BCUT2D eigenvalue weighted by atomic mass is 16.3. The smallest absolute Gasteiger partial charge is 0.245 e. The largest absolute Gasteiger partial charge is 0.324 e. The van der Waals surface area contributed by atoms with Crippen molar-refractivity contribution in [2.75, 3.05) is 23.7 Å². The molecule has 0 aliphatic heterocycles. The summed E-state index contributed by atoms with van der Waals surface area (Å²) in [4.78, 5) is 35.0. The van der Waals surface area contributed by atoms with Crippen LogP contribution in [-0.2, 0) is 9.59 Å². The van der Waals surface area contributed by atoms with Gasteiger partial charge < -0.3 is 10.6 Å². The van der Waals surface area contributed by atoms with Crippen LogP contribution < -0.4 is 10.6 Å². The summed E-state index contributed by atoms with van der Waals surface area (Å²) in [5.41, 5.74) is 3.15. The lowest BCUT2D eigenvalue weighted by Crippen LogP contribution is -2.35. The van der Waals surface area contributed by atoms with Crippen molar-refractivity contribution < 1.29 is 9.59 Å². The predicted octanol–water partition coefficient (Wildman–Crippen LogP) is 2.86. The SMILES string of the molecule is Cc1cccc(C)c1NC(=O)CN(CC(=O)Nc1ccccc1)N=O. The van der Waals surface area contributed by atoms with E-state index >= 15 is 0 Å². The first-order valence-electron chi connectivity index (χ1n) is 7.79. The summed E-state index contributed by atoms with van der Waals surface area (Å²) < 4.78 is 0. The molecule has 2 rings (SSSR count). The summed E-state index contributed by atoms with van der Waals surface area (Å²) in [6, 6.07) is 14.5. The van der Waals surface area contributed by atoms with Gasteiger partial charge in [0, 0.05) is 11.4 Å². The average Bonchev–Trinajstić information content (AvgIpc) is 2.58. The lowest BCUT2D eigenvalue weighted by Gasteiger charge is -2.16. The molecule has 0 aliphatic rings. The number of nitroso groups, excluding NO2 is 1. The number of aryl methyl sites for hydroxylation is 2. The average molecular weight is 340 g/mol. The quantitative estimate of drug-likeness (QED) is 0.599. The van der Waals surface area contributed by atoms with Gasteiger partial charge >= 0.3 is 0 Å². The summed E-state index contributed by atoms with van der Waals surface area (Å²) in [5.74, 6) is -0.838. The molecular formula is C18H20N4O3. The molecule has 0 heterocycles. The number of para-hydroxylation sites is 2. The maximum absolute atomic E-state index is 12.1. The van der Waals surface area contributed by atoms with Gasteiger partial charge in [-0.2, -0.15) is 0 Å². The molecule has 2 N–H and O–H groups in total. The second-order valence-electron chi connectivity index (χ2n) is 5.63. The number of anilines is 2. The van der Waals surface area contributed by atoms with E-state index in [0.717, 1.165) is 16.1 Å². The Kier molecular flexibility index (Phi) is 6.22. The molecule has 7 heteroatoms. The van der Waals surface area contributed by atoms with E-state index in [1.54, 1.807) is 24.3 Å². The minimum absolute atomic E-state index is 0.306. The van der Waals surface area contributed by atoms with Crippen LogP contribution in [0.15, 0.2) is 53.8 Å². The van der Waals surface area contributed by atoms with E-state index in [2.05, 4.69) is 15.9 Å². The number of hydrogen-bond donors (Lipinski definition) is 2. The number of rotatable bonds is 7. The monoisotopic (exact) mass is 340 g/mol. The van der Waals surface area contributed by atoms with Gasteiger partial charge in [0.2, 0.25) is 11.8 Å². The van der Waals surface area contributed by atoms with Crippen LogP contribution in [0.25, 0.3) is 0 Å².